The average molecular weight is 348 g/mol. The molecule has 1 amide bonds. The van der Waals surface area contributed by atoms with E-state index in [9.17, 15) is 4.79 Å². The molecule has 1 heterocycles. The molecular weight excluding hydrogens is 330 g/mol. The number of amides is 1. The highest BCUT2D eigenvalue weighted by molar-refractivity contribution is 6.32. The number of nitrogens with one attached hydrogen (secondary N) is 2. The molecule has 0 aliphatic carbocycles. The van der Waals surface area contributed by atoms with E-state index in [0.29, 0.717) is 40.1 Å². The van der Waals surface area contributed by atoms with Gasteiger partial charge in [0.25, 0.3) is 5.91 Å². The molecule has 126 valence electrons. The maximum atomic E-state index is 12.5. The minimum Gasteiger partial charge on any atom is -0.495 e. The Bertz CT molecular complexity index is 750. The van der Waals surface area contributed by atoms with E-state index in [4.69, 9.17) is 21.1 Å². The highest BCUT2D eigenvalue weighted by Crippen LogP contribution is 2.36. The molecule has 2 aromatic rings. The van der Waals surface area contributed by atoms with Gasteiger partial charge in [-0.15, -0.1) is 6.58 Å². The first-order chi connectivity index (χ1) is 11.6. The Hall–Kier alpha value is -2.73. The summed E-state index contributed by atoms with van der Waals surface area (Å²) in [5.41, 5.74) is 0.911. The van der Waals surface area contributed by atoms with E-state index in [1.165, 1.54) is 14.2 Å². The molecule has 2 rings (SSSR count). The SMILES string of the molecule is C=CCNc1cc(C(=O)Nc2cc(OC)c(Cl)cc2OC)ccn1. The lowest BCUT2D eigenvalue weighted by Gasteiger charge is -2.13. The Balaban J connectivity index is 2.24. The van der Waals surface area contributed by atoms with Crippen LogP contribution in [0.25, 0.3) is 0 Å². The molecule has 2 N–H and O–H groups in total. The van der Waals surface area contributed by atoms with E-state index in [-0.39, 0.29) is 5.91 Å². The molecule has 0 atom stereocenters. The van der Waals surface area contributed by atoms with Crippen molar-refractivity contribution < 1.29 is 14.3 Å². The molecule has 0 saturated heterocycles. The Labute approximate surface area is 145 Å². The fourth-order valence-electron chi connectivity index (χ4n) is 2.00. The number of benzene rings is 1. The lowest BCUT2D eigenvalue weighted by Crippen LogP contribution is -2.13. The number of pyridine rings is 1. The number of carbonyl (C=O) groups excluding carboxylic acids is 1. The molecule has 7 heteroatoms. The molecule has 0 fully saturated rings. The number of ether oxygens (including phenoxy) is 2. The summed E-state index contributed by atoms with van der Waals surface area (Å²) in [6.07, 6.45) is 3.26. The van der Waals surface area contributed by atoms with Crippen LogP contribution in [0.3, 0.4) is 0 Å². The number of carbonyl (C=O) groups is 1. The number of nitrogens with zero attached hydrogens (tertiary/aromatic N) is 1. The van der Waals surface area contributed by atoms with Crippen molar-refractivity contribution in [2.24, 2.45) is 0 Å². The van der Waals surface area contributed by atoms with Crippen molar-refractivity contribution in [3.8, 4) is 11.5 Å². The Morgan fingerprint density at radius 2 is 2.04 bits per heavy atom. The Kier molecular flexibility index (Phi) is 6.03. The highest BCUT2D eigenvalue weighted by atomic mass is 35.5. The van der Waals surface area contributed by atoms with Crippen molar-refractivity contribution in [1.29, 1.82) is 0 Å². The summed E-state index contributed by atoms with van der Waals surface area (Å²) in [5, 5.41) is 6.21. The summed E-state index contributed by atoms with van der Waals surface area (Å²) >= 11 is 6.06. The second kappa shape index (κ2) is 8.21. The summed E-state index contributed by atoms with van der Waals surface area (Å²) in [5.74, 6) is 1.16. The zero-order valence-corrected chi connectivity index (χ0v) is 14.2. The zero-order valence-electron chi connectivity index (χ0n) is 13.4. The predicted molar refractivity (Wildman–Crippen MR) is 95.4 cm³/mol. The van der Waals surface area contributed by atoms with Gasteiger partial charge in [0.2, 0.25) is 0 Å². The van der Waals surface area contributed by atoms with Gasteiger partial charge in [-0.25, -0.2) is 4.98 Å². The fraction of sp³-hybridized carbons (Fsp3) is 0.176. The molecule has 6 nitrogen and oxygen atoms in total. The molecular formula is C17H18ClN3O3. The maximum Gasteiger partial charge on any atom is 0.255 e. The van der Waals surface area contributed by atoms with Crippen molar-refractivity contribution in [1.82, 2.24) is 4.98 Å². The number of hydrogen-bond donors (Lipinski definition) is 2. The van der Waals surface area contributed by atoms with Crippen molar-refractivity contribution in [3.63, 3.8) is 0 Å². The first kappa shape index (κ1) is 17.6. The molecule has 0 spiro atoms. The summed E-state index contributed by atoms with van der Waals surface area (Å²) in [6.45, 7) is 4.18. The fourth-order valence-corrected chi connectivity index (χ4v) is 2.23. The molecule has 1 aromatic carbocycles. The van der Waals surface area contributed by atoms with Gasteiger partial charge < -0.3 is 20.1 Å². The topological polar surface area (TPSA) is 72.5 Å². The number of halogens is 1. The number of aromatic nitrogens is 1. The first-order valence-corrected chi connectivity index (χ1v) is 7.50. The second-order valence-corrected chi connectivity index (χ2v) is 5.15. The van der Waals surface area contributed by atoms with Crippen LogP contribution in [0.2, 0.25) is 5.02 Å². The largest absolute Gasteiger partial charge is 0.495 e. The molecule has 1 aromatic heterocycles. The van der Waals surface area contributed by atoms with Crippen LogP contribution in [0.4, 0.5) is 11.5 Å². The van der Waals surface area contributed by atoms with Crippen molar-refractivity contribution >= 4 is 29.0 Å². The van der Waals surface area contributed by atoms with Crippen LogP contribution < -0.4 is 20.1 Å². The molecule has 0 saturated carbocycles. The monoisotopic (exact) mass is 347 g/mol. The standard InChI is InChI=1S/C17H18ClN3O3/c1-4-6-19-16-8-11(5-7-20-16)17(22)21-13-10-14(23-2)12(18)9-15(13)24-3/h4-5,7-10H,1,6H2,2-3H3,(H,19,20)(H,21,22). The van der Waals surface area contributed by atoms with Gasteiger partial charge in [0.15, 0.2) is 0 Å². The van der Waals surface area contributed by atoms with Crippen LogP contribution in [0, 0.1) is 0 Å². The number of hydrogen-bond acceptors (Lipinski definition) is 5. The molecule has 0 unspecified atom stereocenters. The third-order valence-corrected chi connectivity index (χ3v) is 3.47. The summed E-state index contributed by atoms with van der Waals surface area (Å²) < 4.78 is 10.4. The van der Waals surface area contributed by atoms with E-state index in [1.54, 1.807) is 36.5 Å². The lowest BCUT2D eigenvalue weighted by molar-refractivity contribution is 0.102. The van der Waals surface area contributed by atoms with Crippen molar-refractivity contribution in [3.05, 3.63) is 53.7 Å². The first-order valence-electron chi connectivity index (χ1n) is 7.12. The molecule has 0 radical (unpaired) electrons. The van der Waals surface area contributed by atoms with Crippen molar-refractivity contribution in [2.75, 3.05) is 31.4 Å². The third kappa shape index (κ3) is 4.17. The van der Waals surface area contributed by atoms with Gasteiger partial charge in [0, 0.05) is 30.4 Å². The Morgan fingerprint density at radius 1 is 1.29 bits per heavy atom. The molecule has 0 bridgehead atoms. The van der Waals surface area contributed by atoms with Crippen LogP contribution in [-0.4, -0.2) is 31.7 Å². The maximum absolute atomic E-state index is 12.5. The molecule has 0 aliphatic rings. The third-order valence-electron chi connectivity index (χ3n) is 3.17. The van der Waals surface area contributed by atoms with Crippen LogP contribution in [0.5, 0.6) is 11.5 Å². The van der Waals surface area contributed by atoms with Gasteiger partial charge in [-0.2, -0.15) is 0 Å². The number of methoxy groups -OCH3 is 2. The average Bonchev–Trinajstić information content (AvgIpc) is 2.61. The van der Waals surface area contributed by atoms with Gasteiger partial charge in [-0.1, -0.05) is 17.7 Å². The van der Waals surface area contributed by atoms with E-state index in [1.807, 2.05) is 0 Å². The van der Waals surface area contributed by atoms with Gasteiger partial charge in [-0.05, 0) is 12.1 Å². The predicted octanol–water partition coefficient (Wildman–Crippen LogP) is 3.60. The van der Waals surface area contributed by atoms with Gasteiger partial charge in [0.1, 0.15) is 17.3 Å². The van der Waals surface area contributed by atoms with E-state index < -0.39 is 0 Å². The lowest BCUT2D eigenvalue weighted by atomic mass is 10.2. The van der Waals surface area contributed by atoms with Crippen LogP contribution in [0.15, 0.2) is 43.1 Å². The van der Waals surface area contributed by atoms with Gasteiger partial charge in [0.05, 0.1) is 24.9 Å². The molecule has 0 aliphatic heterocycles. The normalized spacial score (nSPS) is 9.96. The highest BCUT2D eigenvalue weighted by Gasteiger charge is 2.14. The van der Waals surface area contributed by atoms with Crippen LogP contribution in [-0.2, 0) is 0 Å². The summed E-state index contributed by atoms with van der Waals surface area (Å²) in [4.78, 5) is 16.6. The molecule has 24 heavy (non-hydrogen) atoms. The van der Waals surface area contributed by atoms with Crippen LogP contribution in [0.1, 0.15) is 10.4 Å². The van der Waals surface area contributed by atoms with E-state index in [2.05, 4.69) is 22.2 Å². The summed E-state index contributed by atoms with van der Waals surface area (Å²) in [6, 6.07) is 6.46. The zero-order chi connectivity index (χ0) is 17.5. The Morgan fingerprint density at radius 3 is 2.71 bits per heavy atom. The van der Waals surface area contributed by atoms with Gasteiger partial charge >= 0.3 is 0 Å². The van der Waals surface area contributed by atoms with Crippen molar-refractivity contribution in [2.45, 2.75) is 0 Å². The minimum atomic E-state index is -0.304. The second-order valence-electron chi connectivity index (χ2n) is 4.74. The van der Waals surface area contributed by atoms with E-state index in [0.717, 1.165) is 0 Å². The summed E-state index contributed by atoms with van der Waals surface area (Å²) in [7, 11) is 3.00. The van der Waals surface area contributed by atoms with Crippen LogP contribution >= 0.6 is 11.6 Å². The quantitative estimate of drug-likeness (QED) is 0.749. The van der Waals surface area contributed by atoms with Gasteiger partial charge in [-0.3, -0.25) is 4.79 Å². The van der Waals surface area contributed by atoms with E-state index >= 15 is 0 Å². The number of anilines is 2. The smallest absolute Gasteiger partial charge is 0.255 e. The number of rotatable bonds is 7. The minimum absolute atomic E-state index is 0.304.